The molecule has 0 radical (unpaired) electrons. The number of amides is 2. The summed E-state index contributed by atoms with van der Waals surface area (Å²) in [6, 6.07) is 6.39. The highest BCUT2D eigenvalue weighted by Crippen LogP contribution is 2.31. The maximum atomic E-state index is 12.7. The summed E-state index contributed by atoms with van der Waals surface area (Å²) in [5, 5.41) is 5.57. The molecule has 20 heavy (non-hydrogen) atoms. The zero-order valence-corrected chi connectivity index (χ0v) is 10.4. The number of hydrogen-bond donors (Lipinski definition) is 2. The van der Waals surface area contributed by atoms with Gasteiger partial charge in [0.25, 0.3) is 0 Å². The van der Waals surface area contributed by atoms with Gasteiger partial charge in [-0.25, -0.2) is 9.48 Å². The molecule has 5 nitrogen and oxygen atoms in total. The first-order valence-corrected chi connectivity index (χ1v) is 5.58. The Balaban J connectivity index is 2.52. The Kier molecular flexibility index (Phi) is 3.39. The second kappa shape index (κ2) is 4.87. The summed E-state index contributed by atoms with van der Waals surface area (Å²) in [6.07, 6.45) is -4.61. The largest absolute Gasteiger partial charge is 0.435 e. The molecular formula is C12H11F3N4O. The van der Waals surface area contributed by atoms with Crippen molar-refractivity contribution in [2.45, 2.75) is 13.1 Å². The molecule has 0 fully saturated rings. The van der Waals surface area contributed by atoms with E-state index in [-0.39, 0.29) is 5.82 Å². The van der Waals surface area contributed by atoms with Gasteiger partial charge in [-0.05, 0) is 19.1 Å². The number of nitrogens with zero attached hydrogens (tertiary/aromatic N) is 2. The maximum Gasteiger partial charge on any atom is 0.435 e. The van der Waals surface area contributed by atoms with Crippen molar-refractivity contribution in [1.29, 1.82) is 0 Å². The summed E-state index contributed by atoms with van der Waals surface area (Å²) in [6.45, 7) is 1.84. The van der Waals surface area contributed by atoms with Gasteiger partial charge in [-0.1, -0.05) is 17.7 Å². The fourth-order valence-electron chi connectivity index (χ4n) is 1.62. The predicted octanol–water partition coefficient (Wildman–Crippen LogP) is 2.69. The van der Waals surface area contributed by atoms with E-state index in [1.54, 1.807) is 24.3 Å². The summed E-state index contributed by atoms with van der Waals surface area (Å²) >= 11 is 0. The van der Waals surface area contributed by atoms with Gasteiger partial charge in [0.15, 0.2) is 5.69 Å². The quantitative estimate of drug-likeness (QED) is 0.889. The summed E-state index contributed by atoms with van der Waals surface area (Å²) in [5.41, 5.74) is 5.16. The van der Waals surface area contributed by atoms with E-state index in [0.717, 1.165) is 16.3 Å². The van der Waals surface area contributed by atoms with Gasteiger partial charge in [0, 0.05) is 6.07 Å². The average molecular weight is 284 g/mol. The molecule has 0 unspecified atom stereocenters. The average Bonchev–Trinajstić information content (AvgIpc) is 2.73. The lowest BCUT2D eigenvalue weighted by atomic mass is 10.2. The molecule has 0 aliphatic rings. The lowest BCUT2D eigenvalue weighted by molar-refractivity contribution is -0.141. The third-order valence-corrected chi connectivity index (χ3v) is 2.53. The van der Waals surface area contributed by atoms with E-state index in [1.165, 1.54) is 0 Å². The first kappa shape index (κ1) is 13.9. The number of anilines is 1. The standard InChI is InChI=1S/C12H11F3N4O/c1-7-2-4-8(5-3-7)19-10(17-11(16)20)6-9(18-19)12(13,14)15/h2-6H,1H3,(H3,16,17,20). The van der Waals surface area contributed by atoms with E-state index in [4.69, 9.17) is 5.73 Å². The second-order valence-corrected chi connectivity index (χ2v) is 4.15. The predicted molar refractivity (Wildman–Crippen MR) is 66.5 cm³/mol. The maximum absolute atomic E-state index is 12.7. The fraction of sp³-hybridized carbons (Fsp3) is 0.167. The Morgan fingerprint density at radius 2 is 1.90 bits per heavy atom. The van der Waals surface area contributed by atoms with Crippen LogP contribution < -0.4 is 11.1 Å². The molecule has 0 aliphatic carbocycles. The highest BCUT2D eigenvalue weighted by atomic mass is 19.4. The van der Waals surface area contributed by atoms with Gasteiger partial charge in [-0.15, -0.1) is 0 Å². The topological polar surface area (TPSA) is 72.9 Å². The third kappa shape index (κ3) is 2.90. The number of carbonyl (C=O) groups excluding carboxylic acids is 1. The van der Waals surface area contributed by atoms with Gasteiger partial charge < -0.3 is 5.73 Å². The number of nitrogens with two attached hydrogens (primary N) is 1. The van der Waals surface area contributed by atoms with Crippen LogP contribution in [0.5, 0.6) is 0 Å². The summed E-state index contributed by atoms with van der Waals surface area (Å²) in [7, 11) is 0. The van der Waals surface area contributed by atoms with Crippen LogP contribution in [-0.4, -0.2) is 15.8 Å². The molecule has 1 aromatic heterocycles. The first-order chi connectivity index (χ1) is 9.27. The van der Waals surface area contributed by atoms with Crippen LogP contribution >= 0.6 is 0 Å². The minimum absolute atomic E-state index is 0.145. The Hall–Kier alpha value is -2.51. The minimum atomic E-state index is -4.61. The van der Waals surface area contributed by atoms with Crippen molar-refractivity contribution in [3.8, 4) is 5.69 Å². The first-order valence-electron chi connectivity index (χ1n) is 5.58. The van der Waals surface area contributed by atoms with Crippen molar-refractivity contribution in [3.05, 3.63) is 41.6 Å². The number of aryl methyl sites for hydroxylation is 1. The molecule has 0 spiro atoms. The van der Waals surface area contributed by atoms with Crippen LogP contribution in [0, 0.1) is 6.92 Å². The van der Waals surface area contributed by atoms with Gasteiger partial charge in [-0.2, -0.15) is 18.3 Å². The van der Waals surface area contributed by atoms with E-state index in [1.807, 2.05) is 6.92 Å². The van der Waals surface area contributed by atoms with E-state index in [0.29, 0.717) is 5.69 Å². The number of alkyl halides is 3. The van der Waals surface area contributed by atoms with Crippen LogP contribution in [0.25, 0.3) is 5.69 Å². The van der Waals surface area contributed by atoms with Gasteiger partial charge in [-0.3, -0.25) is 5.32 Å². The van der Waals surface area contributed by atoms with Gasteiger partial charge in [0.1, 0.15) is 5.82 Å². The summed E-state index contributed by atoms with van der Waals surface area (Å²) in [5.74, 6) is -0.145. The van der Waals surface area contributed by atoms with E-state index in [9.17, 15) is 18.0 Å². The SMILES string of the molecule is Cc1ccc(-n2nc(C(F)(F)F)cc2NC(N)=O)cc1. The molecular weight excluding hydrogens is 273 g/mol. The molecule has 2 amide bonds. The Bertz CT molecular complexity index is 631. The number of urea groups is 1. The monoisotopic (exact) mass is 284 g/mol. The Morgan fingerprint density at radius 3 is 2.40 bits per heavy atom. The number of primary amides is 1. The van der Waals surface area contributed by atoms with Crippen molar-refractivity contribution in [2.75, 3.05) is 5.32 Å². The Morgan fingerprint density at radius 1 is 1.30 bits per heavy atom. The number of aromatic nitrogens is 2. The molecule has 106 valence electrons. The molecule has 1 aromatic carbocycles. The molecule has 2 aromatic rings. The van der Waals surface area contributed by atoms with E-state index >= 15 is 0 Å². The molecule has 3 N–H and O–H groups in total. The summed E-state index contributed by atoms with van der Waals surface area (Å²) in [4.78, 5) is 10.9. The number of rotatable bonds is 2. The minimum Gasteiger partial charge on any atom is -0.351 e. The van der Waals surface area contributed by atoms with Crippen LogP contribution in [-0.2, 0) is 6.18 Å². The number of carbonyl (C=O) groups is 1. The van der Waals surface area contributed by atoms with Crippen molar-refractivity contribution < 1.29 is 18.0 Å². The van der Waals surface area contributed by atoms with Crippen molar-refractivity contribution in [3.63, 3.8) is 0 Å². The molecule has 0 saturated carbocycles. The third-order valence-electron chi connectivity index (χ3n) is 2.53. The Labute approximate surface area is 112 Å². The smallest absolute Gasteiger partial charge is 0.351 e. The van der Waals surface area contributed by atoms with E-state index < -0.39 is 17.9 Å². The fourth-order valence-corrected chi connectivity index (χ4v) is 1.62. The molecule has 1 heterocycles. The van der Waals surface area contributed by atoms with Crippen LogP contribution in [0.3, 0.4) is 0 Å². The number of benzene rings is 1. The van der Waals surface area contributed by atoms with Crippen LogP contribution in [0.15, 0.2) is 30.3 Å². The molecule has 0 aliphatic heterocycles. The lowest BCUT2D eigenvalue weighted by Crippen LogP contribution is -2.21. The van der Waals surface area contributed by atoms with Crippen molar-refractivity contribution in [2.24, 2.45) is 5.73 Å². The second-order valence-electron chi connectivity index (χ2n) is 4.15. The zero-order chi connectivity index (χ0) is 14.9. The highest BCUT2D eigenvalue weighted by Gasteiger charge is 2.35. The number of nitrogens with one attached hydrogen (secondary N) is 1. The molecule has 0 atom stereocenters. The highest BCUT2D eigenvalue weighted by molar-refractivity contribution is 5.87. The number of hydrogen-bond acceptors (Lipinski definition) is 2. The zero-order valence-electron chi connectivity index (χ0n) is 10.4. The molecule has 2 rings (SSSR count). The molecule has 0 bridgehead atoms. The van der Waals surface area contributed by atoms with Crippen LogP contribution in [0.1, 0.15) is 11.3 Å². The van der Waals surface area contributed by atoms with E-state index in [2.05, 4.69) is 10.4 Å². The van der Waals surface area contributed by atoms with Crippen molar-refractivity contribution in [1.82, 2.24) is 9.78 Å². The van der Waals surface area contributed by atoms with Gasteiger partial charge >= 0.3 is 12.2 Å². The molecule has 0 saturated heterocycles. The lowest BCUT2D eigenvalue weighted by Gasteiger charge is -2.07. The van der Waals surface area contributed by atoms with Gasteiger partial charge in [0.2, 0.25) is 0 Å². The van der Waals surface area contributed by atoms with Gasteiger partial charge in [0.05, 0.1) is 5.69 Å². The molecule has 8 heteroatoms. The number of halogens is 3. The van der Waals surface area contributed by atoms with Crippen LogP contribution in [0.2, 0.25) is 0 Å². The normalized spacial score (nSPS) is 11.4. The van der Waals surface area contributed by atoms with Crippen LogP contribution in [0.4, 0.5) is 23.8 Å². The summed E-state index contributed by atoms with van der Waals surface area (Å²) < 4.78 is 39.0. The van der Waals surface area contributed by atoms with Crippen molar-refractivity contribution >= 4 is 11.8 Å².